The van der Waals surface area contributed by atoms with Crippen LogP contribution in [0.1, 0.15) is 226 Å². The number of unbranched alkanes of at least 4 members (excludes halogenated alkanes) is 28. The van der Waals surface area contributed by atoms with Crippen molar-refractivity contribution >= 4 is 5.97 Å². The highest BCUT2D eigenvalue weighted by atomic mass is 16.4. The van der Waals surface area contributed by atoms with Gasteiger partial charge in [0.25, 0.3) is 0 Å². The zero-order chi connectivity index (χ0) is 28.7. The highest BCUT2D eigenvalue weighted by molar-refractivity contribution is 5.74. The molecule has 0 aliphatic rings. The molecule has 0 fully saturated rings. The highest BCUT2D eigenvalue weighted by Crippen LogP contribution is 2.32. The molecule has 1 atom stereocenters. The Hall–Kier alpha value is -0.530. The van der Waals surface area contributed by atoms with Gasteiger partial charge in [-0.25, -0.2) is 0 Å². The number of carbonyl (C=O) groups is 1. The van der Waals surface area contributed by atoms with E-state index in [1.807, 2.05) is 6.92 Å². The van der Waals surface area contributed by atoms with E-state index in [1.54, 1.807) is 0 Å². The van der Waals surface area contributed by atoms with Crippen LogP contribution in [0.15, 0.2) is 0 Å². The Morgan fingerprint density at radius 2 is 0.564 bits per heavy atom. The molecule has 0 aromatic carbocycles. The van der Waals surface area contributed by atoms with Crippen LogP contribution in [0.25, 0.3) is 0 Å². The molecule has 0 rings (SSSR count). The van der Waals surface area contributed by atoms with Crippen LogP contribution < -0.4 is 0 Å². The summed E-state index contributed by atoms with van der Waals surface area (Å²) in [6.45, 7) is 6.58. The third-order valence-electron chi connectivity index (χ3n) is 9.18. The van der Waals surface area contributed by atoms with E-state index in [4.69, 9.17) is 0 Å². The molecule has 0 aliphatic heterocycles. The first-order valence-electron chi connectivity index (χ1n) is 18.3. The van der Waals surface area contributed by atoms with Crippen LogP contribution in [0.4, 0.5) is 0 Å². The fraction of sp³-hybridized carbons (Fsp3) is 0.973. The first-order valence-corrected chi connectivity index (χ1v) is 18.3. The summed E-state index contributed by atoms with van der Waals surface area (Å²) in [7, 11) is 0. The number of hydrogen-bond acceptors (Lipinski definition) is 1. The molecule has 1 unspecified atom stereocenters. The summed E-state index contributed by atoms with van der Waals surface area (Å²) in [5.74, 6) is -0.571. The summed E-state index contributed by atoms with van der Waals surface area (Å²) in [5, 5.41) is 9.86. The summed E-state index contributed by atoms with van der Waals surface area (Å²) >= 11 is 0. The molecule has 0 amide bonds. The number of hydrogen-bond donors (Lipinski definition) is 1. The summed E-state index contributed by atoms with van der Waals surface area (Å²) in [5.41, 5.74) is -0.507. The van der Waals surface area contributed by atoms with Gasteiger partial charge in [-0.2, -0.15) is 0 Å². The average molecular weight is 551 g/mol. The SMILES string of the molecule is CCCCCCCCCCCCCCCCCCC(C)(CCCCCCCCCCCCCCCC)C(=O)O. The first kappa shape index (κ1) is 38.5. The first-order chi connectivity index (χ1) is 19.1. The van der Waals surface area contributed by atoms with Crippen LogP contribution in [0.3, 0.4) is 0 Å². The minimum absolute atomic E-state index is 0.507. The maximum absolute atomic E-state index is 12.0. The van der Waals surface area contributed by atoms with E-state index >= 15 is 0 Å². The van der Waals surface area contributed by atoms with Crippen LogP contribution >= 0.6 is 0 Å². The molecule has 2 heteroatoms. The fourth-order valence-electron chi connectivity index (χ4n) is 6.11. The van der Waals surface area contributed by atoms with Crippen molar-refractivity contribution in [2.75, 3.05) is 0 Å². The van der Waals surface area contributed by atoms with E-state index in [0.717, 1.165) is 25.7 Å². The average Bonchev–Trinajstić information content (AvgIpc) is 2.93. The van der Waals surface area contributed by atoms with E-state index in [2.05, 4.69) is 13.8 Å². The van der Waals surface area contributed by atoms with E-state index < -0.39 is 11.4 Å². The van der Waals surface area contributed by atoms with E-state index in [0.29, 0.717) is 0 Å². The monoisotopic (exact) mass is 551 g/mol. The largest absolute Gasteiger partial charge is 0.481 e. The van der Waals surface area contributed by atoms with Crippen molar-refractivity contribution < 1.29 is 9.90 Å². The summed E-state index contributed by atoms with van der Waals surface area (Å²) < 4.78 is 0. The Balaban J connectivity index is 3.53. The third-order valence-corrected chi connectivity index (χ3v) is 9.18. The smallest absolute Gasteiger partial charge is 0.309 e. The molecule has 0 spiro atoms. The maximum Gasteiger partial charge on any atom is 0.309 e. The molecule has 0 aromatic rings. The number of rotatable bonds is 33. The van der Waals surface area contributed by atoms with E-state index in [-0.39, 0.29) is 0 Å². The minimum Gasteiger partial charge on any atom is -0.481 e. The van der Waals surface area contributed by atoms with Crippen molar-refractivity contribution in [3.05, 3.63) is 0 Å². The molecule has 0 radical (unpaired) electrons. The molecule has 2 nitrogen and oxygen atoms in total. The molecular formula is C37H74O2. The van der Waals surface area contributed by atoms with Gasteiger partial charge in [0, 0.05) is 0 Å². The molecular weight excluding hydrogens is 476 g/mol. The molecule has 0 heterocycles. The van der Waals surface area contributed by atoms with Crippen molar-refractivity contribution in [3.63, 3.8) is 0 Å². The lowest BCUT2D eigenvalue weighted by Crippen LogP contribution is -2.27. The second kappa shape index (κ2) is 30.4. The zero-order valence-corrected chi connectivity index (χ0v) is 27.5. The third kappa shape index (κ3) is 27.4. The van der Waals surface area contributed by atoms with Gasteiger partial charge in [0.05, 0.1) is 5.41 Å². The number of carboxylic acids is 1. The summed E-state index contributed by atoms with van der Waals surface area (Å²) in [4.78, 5) is 12.0. The Morgan fingerprint density at radius 1 is 0.385 bits per heavy atom. The van der Waals surface area contributed by atoms with Crippen molar-refractivity contribution in [2.24, 2.45) is 5.41 Å². The summed E-state index contributed by atoms with van der Waals surface area (Å²) in [6.07, 6.45) is 42.6. The summed E-state index contributed by atoms with van der Waals surface area (Å²) in [6, 6.07) is 0. The standard InChI is InChI=1S/C37H74O2/c1-4-6-8-10-12-14-16-18-20-21-23-25-27-29-31-33-35-37(3,36(38)39)34-32-30-28-26-24-22-19-17-15-13-11-9-7-5-2/h4-35H2,1-3H3,(H,38,39). The van der Waals surface area contributed by atoms with Gasteiger partial charge in [-0.1, -0.05) is 206 Å². The van der Waals surface area contributed by atoms with E-state index in [9.17, 15) is 9.90 Å². The van der Waals surface area contributed by atoms with Gasteiger partial charge in [0.15, 0.2) is 0 Å². The number of aliphatic carboxylic acids is 1. The van der Waals surface area contributed by atoms with Crippen LogP contribution in [0.5, 0.6) is 0 Å². The van der Waals surface area contributed by atoms with Crippen LogP contribution in [-0.4, -0.2) is 11.1 Å². The van der Waals surface area contributed by atoms with E-state index in [1.165, 1.54) is 180 Å². The maximum atomic E-state index is 12.0. The minimum atomic E-state index is -0.571. The lowest BCUT2D eigenvalue weighted by molar-refractivity contribution is -0.149. The number of carboxylic acid groups (broad SMARTS) is 1. The van der Waals surface area contributed by atoms with Crippen molar-refractivity contribution in [2.45, 2.75) is 226 Å². The van der Waals surface area contributed by atoms with Crippen LogP contribution in [-0.2, 0) is 4.79 Å². The molecule has 0 aliphatic carbocycles. The molecule has 0 saturated heterocycles. The molecule has 0 bridgehead atoms. The van der Waals surface area contributed by atoms with Crippen molar-refractivity contribution in [1.29, 1.82) is 0 Å². The normalized spacial score (nSPS) is 13.1. The molecule has 234 valence electrons. The second-order valence-electron chi connectivity index (χ2n) is 13.3. The predicted molar refractivity (Wildman–Crippen MR) is 175 cm³/mol. The topological polar surface area (TPSA) is 37.3 Å². The molecule has 39 heavy (non-hydrogen) atoms. The van der Waals surface area contributed by atoms with Gasteiger partial charge in [-0.15, -0.1) is 0 Å². The van der Waals surface area contributed by atoms with Gasteiger partial charge in [0.2, 0.25) is 0 Å². The Labute approximate surface area is 247 Å². The van der Waals surface area contributed by atoms with Gasteiger partial charge in [0.1, 0.15) is 0 Å². The molecule has 1 N–H and O–H groups in total. The molecule has 0 saturated carbocycles. The quantitative estimate of drug-likeness (QED) is 0.0825. The van der Waals surface area contributed by atoms with Crippen molar-refractivity contribution in [3.8, 4) is 0 Å². The zero-order valence-electron chi connectivity index (χ0n) is 27.5. The van der Waals surface area contributed by atoms with Gasteiger partial charge in [-0.3, -0.25) is 4.79 Å². The second-order valence-corrected chi connectivity index (χ2v) is 13.3. The van der Waals surface area contributed by atoms with Crippen LogP contribution in [0, 0.1) is 5.41 Å². The Bertz CT molecular complexity index is 488. The Morgan fingerprint density at radius 3 is 0.744 bits per heavy atom. The highest BCUT2D eigenvalue weighted by Gasteiger charge is 2.31. The van der Waals surface area contributed by atoms with Crippen LogP contribution in [0.2, 0.25) is 0 Å². The lowest BCUT2D eigenvalue weighted by atomic mass is 9.80. The lowest BCUT2D eigenvalue weighted by Gasteiger charge is -2.24. The Kier molecular flexibility index (Phi) is 30.0. The van der Waals surface area contributed by atoms with Crippen molar-refractivity contribution in [1.82, 2.24) is 0 Å². The van der Waals surface area contributed by atoms with Gasteiger partial charge in [-0.05, 0) is 19.8 Å². The molecule has 0 aromatic heterocycles. The van der Waals surface area contributed by atoms with Gasteiger partial charge < -0.3 is 5.11 Å². The van der Waals surface area contributed by atoms with Gasteiger partial charge >= 0.3 is 5.97 Å². The fourth-order valence-corrected chi connectivity index (χ4v) is 6.11. The predicted octanol–water partition coefficient (Wildman–Crippen LogP) is 13.6.